The first-order valence-corrected chi connectivity index (χ1v) is 11.9. The van der Waals surface area contributed by atoms with Crippen molar-refractivity contribution in [3.8, 4) is 0 Å². The first kappa shape index (κ1) is 21.9. The van der Waals surface area contributed by atoms with E-state index in [1.807, 2.05) is 36.2 Å². The second-order valence-corrected chi connectivity index (χ2v) is 9.52. The zero-order valence-electron chi connectivity index (χ0n) is 19.1. The third kappa shape index (κ3) is 4.74. The minimum Gasteiger partial charge on any atom is -0.371 e. The average molecular weight is 451 g/mol. The van der Waals surface area contributed by atoms with E-state index in [-0.39, 0.29) is 29.6 Å². The van der Waals surface area contributed by atoms with Gasteiger partial charge in [-0.2, -0.15) is 0 Å². The van der Waals surface area contributed by atoms with Crippen LogP contribution < -0.4 is 10.2 Å². The van der Waals surface area contributed by atoms with Crippen LogP contribution in [0.15, 0.2) is 42.5 Å². The summed E-state index contributed by atoms with van der Waals surface area (Å²) in [5.74, 6) is -0.147. The first-order valence-electron chi connectivity index (χ1n) is 11.9. The fourth-order valence-electron chi connectivity index (χ4n) is 4.92. The number of nitrogens with zero attached hydrogens (tertiary/aromatic N) is 3. The van der Waals surface area contributed by atoms with Crippen LogP contribution in [0.25, 0.3) is 0 Å². The molecule has 2 amide bonds. The molecular formula is C26H31FN4O2. The lowest BCUT2D eigenvalue weighted by Gasteiger charge is -2.41. The Labute approximate surface area is 194 Å². The lowest BCUT2D eigenvalue weighted by molar-refractivity contribution is -0.117. The molecule has 7 heteroatoms. The molecule has 1 N–H and O–H groups in total. The molecule has 0 aromatic heterocycles. The molecule has 2 aliphatic heterocycles. The first-order chi connectivity index (χ1) is 16.0. The van der Waals surface area contributed by atoms with Crippen LogP contribution in [0.3, 0.4) is 0 Å². The van der Waals surface area contributed by atoms with Crippen LogP contribution >= 0.6 is 0 Å². The number of halogens is 1. The van der Waals surface area contributed by atoms with Crippen molar-refractivity contribution in [1.29, 1.82) is 0 Å². The van der Waals surface area contributed by atoms with Crippen molar-refractivity contribution in [2.24, 2.45) is 5.92 Å². The summed E-state index contributed by atoms with van der Waals surface area (Å²) < 4.78 is 14.0. The van der Waals surface area contributed by atoms with Gasteiger partial charge in [-0.05, 0) is 68.6 Å². The maximum Gasteiger partial charge on any atom is 0.256 e. The second-order valence-electron chi connectivity index (χ2n) is 9.52. The standard InChI is InChI=1S/C26H31FN4O2/c1-29-13-14-31(24(17-29)19-5-4-6-20(27)15-19)26(33)22-10-9-21(28-25(32)18-7-8-18)16-23(22)30-11-2-3-12-30/h4-6,9-10,15-16,18,24H,2-3,7-8,11-14,17H2,1H3,(H,28,32). The van der Waals surface area contributed by atoms with Crippen molar-refractivity contribution in [3.05, 3.63) is 59.4 Å². The average Bonchev–Trinajstić information content (AvgIpc) is 3.53. The van der Waals surface area contributed by atoms with Crippen LogP contribution in [0.4, 0.5) is 15.8 Å². The largest absolute Gasteiger partial charge is 0.371 e. The third-order valence-electron chi connectivity index (χ3n) is 6.97. The van der Waals surface area contributed by atoms with Crippen molar-refractivity contribution >= 4 is 23.2 Å². The molecule has 1 saturated carbocycles. The maximum atomic E-state index is 14.0. The Balaban J connectivity index is 1.47. The highest BCUT2D eigenvalue weighted by atomic mass is 19.1. The zero-order chi connectivity index (χ0) is 22.9. The number of benzene rings is 2. The molecule has 6 nitrogen and oxygen atoms in total. The van der Waals surface area contributed by atoms with E-state index in [2.05, 4.69) is 15.1 Å². The van der Waals surface area contributed by atoms with E-state index >= 15 is 0 Å². The van der Waals surface area contributed by atoms with Gasteiger partial charge in [-0.25, -0.2) is 4.39 Å². The van der Waals surface area contributed by atoms with Gasteiger partial charge in [-0.3, -0.25) is 9.59 Å². The van der Waals surface area contributed by atoms with Crippen molar-refractivity contribution in [2.75, 3.05) is 50.0 Å². The number of carbonyl (C=O) groups excluding carboxylic acids is 2. The third-order valence-corrected chi connectivity index (χ3v) is 6.97. The van der Waals surface area contributed by atoms with Crippen LogP contribution in [0.1, 0.15) is 47.6 Å². The molecule has 0 spiro atoms. The maximum absolute atomic E-state index is 14.0. The van der Waals surface area contributed by atoms with E-state index in [9.17, 15) is 14.0 Å². The van der Waals surface area contributed by atoms with Gasteiger partial charge in [0.15, 0.2) is 0 Å². The number of amides is 2. The Morgan fingerprint density at radius 3 is 2.52 bits per heavy atom. The van der Waals surface area contributed by atoms with Gasteiger partial charge in [-0.15, -0.1) is 0 Å². The highest BCUT2D eigenvalue weighted by molar-refractivity contribution is 6.02. The van der Waals surface area contributed by atoms with Crippen LogP contribution in [0.5, 0.6) is 0 Å². The Bertz CT molecular complexity index is 1050. The van der Waals surface area contributed by atoms with E-state index in [0.29, 0.717) is 18.7 Å². The highest BCUT2D eigenvalue weighted by Gasteiger charge is 2.34. The molecule has 2 heterocycles. The summed E-state index contributed by atoms with van der Waals surface area (Å²) in [6.45, 7) is 3.80. The molecule has 0 radical (unpaired) electrons. The van der Waals surface area contributed by atoms with Crippen LogP contribution in [0.2, 0.25) is 0 Å². The number of hydrogen-bond donors (Lipinski definition) is 1. The second kappa shape index (κ2) is 9.14. The van der Waals surface area contributed by atoms with Crippen molar-refractivity contribution < 1.29 is 14.0 Å². The molecule has 5 rings (SSSR count). The predicted octanol–water partition coefficient (Wildman–Crippen LogP) is 3.90. The lowest BCUT2D eigenvalue weighted by Crippen LogP contribution is -2.49. The zero-order valence-corrected chi connectivity index (χ0v) is 19.1. The molecule has 2 saturated heterocycles. The summed E-state index contributed by atoms with van der Waals surface area (Å²) in [5.41, 5.74) is 3.08. The lowest BCUT2D eigenvalue weighted by atomic mass is 10.00. The number of rotatable bonds is 5. The van der Waals surface area contributed by atoms with Gasteiger partial charge < -0.3 is 20.0 Å². The van der Waals surface area contributed by atoms with E-state index in [4.69, 9.17) is 0 Å². The van der Waals surface area contributed by atoms with Crippen molar-refractivity contribution in [3.63, 3.8) is 0 Å². The summed E-state index contributed by atoms with van der Waals surface area (Å²) >= 11 is 0. The summed E-state index contributed by atoms with van der Waals surface area (Å²) in [4.78, 5) is 32.5. The van der Waals surface area contributed by atoms with Gasteiger partial charge in [0.1, 0.15) is 5.82 Å². The van der Waals surface area contributed by atoms with Gasteiger partial charge >= 0.3 is 0 Å². The minimum atomic E-state index is -0.290. The fraction of sp³-hybridized carbons (Fsp3) is 0.462. The molecule has 3 fully saturated rings. The molecule has 1 unspecified atom stereocenters. The normalized spacial score (nSPS) is 21.3. The molecule has 1 atom stereocenters. The SMILES string of the molecule is CN1CCN(C(=O)c2ccc(NC(=O)C3CC3)cc2N2CCCC2)C(c2cccc(F)c2)C1. The Morgan fingerprint density at radius 1 is 1.00 bits per heavy atom. The Morgan fingerprint density at radius 2 is 1.79 bits per heavy atom. The number of hydrogen-bond acceptors (Lipinski definition) is 4. The molecule has 2 aromatic rings. The molecule has 33 heavy (non-hydrogen) atoms. The highest BCUT2D eigenvalue weighted by Crippen LogP contribution is 2.34. The van der Waals surface area contributed by atoms with E-state index in [1.54, 1.807) is 6.07 Å². The van der Waals surface area contributed by atoms with Crippen LogP contribution in [0, 0.1) is 11.7 Å². The van der Waals surface area contributed by atoms with Gasteiger partial charge in [-0.1, -0.05) is 12.1 Å². The number of nitrogens with one attached hydrogen (secondary N) is 1. The predicted molar refractivity (Wildman–Crippen MR) is 127 cm³/mol. The summed E-state index contributed by atoms with van der Waals surface area (Å²) in [6, 6.07) is 12.0. The van der Waals surface area contributed by atoms with Gasteiger partial charge in [0.25, 0.3) is 5.91 Å². The summed E-state index contributed by atoms with van der Waals surface area (Å²) in [6.07, 6.45) is 4.08. The number of anilines is 2. The van der Waals surface area contributed by atoms with Crippen LogP contribution in [-0.2, 0) is 4.79 Å². The number of piperazine rings is 1. The molecule has 3 aliphatic rings. The smallest absolute Gasteiger partial charge is 0.256 e. The molecule has 1 aliphatic carbocycles. The minimum absolute atomic E-state index is 0.0423. The van der Waals surface area contributed by atoms with Gasteiger partial charge in [0.2, 0.25) is 5.91 Å². The summed E-state index contributed by atoms with van der Waals surface area (Å²) in [5, 5.41) is 3.02. The molecule has 174 valence electrons. The Hall–Kier alpha value is -2.93. The van der Waals surface area contributed by atoms with Crippen LogP contribution in [-0.4, -0.2) is 61.4 Å². The van der Waals surface area contributed by atoms with Gasteiger partial charge in [0, 0.05) is 44.3 Å². The summed E-state index contributed by atoms with van der Waals surface area (Å²) in [7, 11) is 2.03. The molecular weight excluding hydrogens is 419 g/mol. The van der Waals surface area contributed by atoms with E-state index < -0.39 is 0 Å². The Kier molecular flexibility index (Phi) is 6.06. The molecule has 0 bridgehead atoms. The quantitative estimate of drug-likeness (QED) is 0.751. The van der Waals surface area contributed by atoms with Crippen molar-refractivity contribution in [1.82, 2.24) is 9.80 Å². The van der Waals surface area contributed by atoms with Crippen molar-refractivity contribution in [2.45, 2.75) is 31.7 Å². The fourth-order valence-corrected chi connectivity index (χ4v) is 4.92. The van der Waals surface area contributed by atoms with Gasteiger partial charge in [0.05, 0.1) is 17.3 Å². The molecule has 2 aromatic carbocycles. The topological polar surface area (TPSA) is 55.9 Å². The monoisotopic (exact) mass is 450 g/mol. The van der Waals surface area contributed by atoms with E-state index in [1.165, 1.54) is 12.1 Å². The number of likely N-dealkylation sites (N-methyl/N-ethyl adjacent to an activating group) is 1. The number of carbonyl (C=O) groups is 2. The van der Waals surface area contributed by atoms with E-state index in [0.717, 1.165) is 62.3 Å².